The van der Waals surface area contributed by atoms with Crippen molar-refractivity contribution in [2.45, 2.75) is 205 Å². The summed E-state index contributed by atoms with van der Waals surface area (Å²) in [5, 5.41) is 31.3. The quantitative estimate of drug-likeness (QED) is 0.222. The molecule has 0 radical (unpaired) electrons. The smallest absolute Gasteiger partial charge is 0.303 e. The van der Waals surface area contributed by atoms with Gasteiger partial charge in [0.1, 0.15) is 36.6 Å². The summed E-state index contributed by atoms with van der Waals surface area (Å²) >= 11 is 17.9. The second-order valence-corrected chi connectivity index (χ2v) is 29.5. The van der Waals surface area contributed by atoms with E-state index in [1.807, 2.05) is 55.4 Å². The molecular formula is C39H64O18S11. The van der Waals surface area contributed by atoms with Crippen LogP contribution in [0.15, 0.2) is 12.7 Å². The summed E-state index contributed by atoms with van der Waals surface area (Å²) in [5.74, 6) is -2.47. The Kier molecular flexibility index (Phi) is 27.3. The first-order valence-corrected chi connectivity index (χ1v) is 33.3. The lowest BCUT2D eigenvalue weighted by molar-refractivity contribution is -0.344. The molecule has 3 N–H and O–H groups in total. The Morgan fingerprint density at radius 1 is 0.559 bits per heavy atom. The lowest BCUT2D eigenvalue weighted by atomic mass is 9.91. The molecule has 0 spiro atoms. The molecule has 0 saturated carbocycles. The lowest BCUT2D eigenvalue weighted by Gasteiger charge is -2.46. The monoisotopic (exact) mass is 1170 g/mol. The zero-order valence-corrected chi connectivity index (χ0v) is 48.5. The van der Waals surface area contributed by atoms with Gasteiger partial charge in [-0.3, -0.25) is 9.59 Å². The molecule has 394 valence electrons. The van der Waals surface area contributed by atoms with Crippen molar-refractivity contribution in [1.82, 2.24) is 0 Å². The Morgan fingerprint density at radius 2 is 0.926 bits per heavy atom. The molecule has 6 heterocycles. The molecule has 6 rings (SSSR count). The first-order valence-electron chi connectivity index (χ1n) is 21.3. The summed E-state index contributed by atoms with van der Waals surface area (Å²) in [6.07, 6.45) is -12.1. The third-order valence-electron chi connectivity index (χ3n) is 11.3. The van der Waals surface area contributed by atoms with Crippen molar-refractivity contribution in [1.29, 1.82) is 0 Å². The van der Waals surface area contributed by atoms with Crippen LogP contribution in [-0.2, 0) is 178 Å². The molecule has 6 fully saturated rings. The molecule has 18 nitrogen and oxygen atoms in total. The number of aliphatic hydroxyl groups is 3. The average molecular weight is 1170 g/mol. The molecule has 0 amide bonds. The van der Waals surface area contributed by atoms with Crippen LogP contribution < -0.4 is 0 Å². The predicted octanol–water partition coefficient (Wildman–Crippen LogP) is 1.79. The second-order valence-electron chi connectivity index (χ2n) is 17.1. The van der Waals surface area contributed by atoms with E-state index >= 15 is 0 Å². The van der Waals surface area contributed by atoms with E-state index in [0.717, 1.165) is 0 Å². The fraction of sp³-hybridized carbons (Fsp3) is 0.897. The van der Waals surface area contributed by atoms with Crippen LogP contribution in [0.25, 0.3) is 0 Å². The minimum atomic E-state index is -1.47. The number of fused-ring (bicyclic) bond motifs is 2. The summed E-state index contributed by atoms with van der Waals surface area (Å²) in [6.45, 7) is 24.9. The summed E-state index contributed by atoms with van der Waals surface area (Å²) in [6, 6.07) is 0. The van der Waals surface area contributed by atoms with Crippen LogP contribution in [0.1, 0.15) is 83.1 Å². The minimum absolute atomic E-state index is 0.0741. The fourth-order valence-corrected chi connectivity index (χ4v) is 16.3. The van der Waals surface area contributed by atoms with Crippen molar-refractivity contribution < 1.29 is 86.5 Å². The molecule has 0 aliphatic carbocycles. The highest BCUT2D eigenvalue weighted by Crippen LogP contribution is 2.43. The predicted molar refractivity (Wildman–Crippen MR) is 276 cm³/mol. The van der Waals surface area contributed by atoms with Gasteiger partial charge in [0.25, 0.3) is 0 Å². The van der Waals surface area contributed by atoms with Gasteiger partial charge in [-0.1, -0.05) is 19.9 Å². The first-order chi connectivity index (χ1) is 31.9. The first kappa shape index (κ1) is 62.8. The van der Waals surface area contributed by atoms with Gasteiger partial charge in [-0.25, -0.2) is 0 Å². The molecule has 20 atom stereocenters. The molecule has 6 saturated heterocycles. The van der Waals surface area contributed by atoms with E-state index in [1.54, 1.807) is 19.9 Å². The van der Waals surface area contributed by atoms with Crippen molar-refractivity contribution in [3.63, 3.8) is 0 Å². The van der Waals surface area contributed by atoms with Gasteiger partial charge in [0, 0.05) is 133 Å². The van der Waals surface area contributed by atoms with Crippen LogP contribution in [0.5, 0.6) is 0 Å². The van der Waals surface area contributed by atoms with Crippen molar-refractivity contribution in [3.8, 4) is 0 Å². The van der Waals surface area contributed by atoms with Crippen LogP contribution in [-0.4, -0.2) is 156 Å². The van der Waals surface area contributed by atoms with Crippen molar-refractivity contribution in [2.75, 3.05) is 6.61 Å². The number of hydrogen-bond donors (Lipinski definition) is 3. The summed E-state index contributed by atoms with van der Waals surface area (Å²) in [7, 11) is 9.58. The van der Waals surface area contributed by atoms with Gasteiger partial charge in [-0.15, -0.1) is 6.58 Å². The Bertz CT molecular complexity index is 1950. The molecule has 6 aliphatic heterocycles. The van der Waals surface area contributed by atoms with Gasteiger partial charge in [0.05, 0.1) is 43.2 Å². The number of carbonyl (C=O) groups is 2. The molecule has 0 bridgehead atoms. The van der Waals surface area contributed by atoms with Gasteiger partial charge in [-0.2, -0.15) is 0 Å². The molecular weight excluding hydrogens is 1110 g/mol. The van der Waals surface area contributed by atoms with Gasteiger partial charge in [0.15, 0.2) is 48.9 Å². The maximum absolute atomic E-state index is 11.7. The highest BCUT2D eigenvalue weighted by molar-refractivity contribution is 8.64. The van der Waals surface area contributed by atoms with Crippen molar-refractivity contribution >= 4 is 119 Å². The highest BCUT2D eigenvalue weighted by Gasteiger charge is 2.58. The summed E-state index contributed by atoms with van der Waals surface area (Å²) in [5.41, 5.74) is 0. The van der Waals surface area contributed by atoms with Gasteiger partial charge in [-0.05, 0) is 55.4 Å². The molecule has 9 unspecified atom stereocenters. The Morgan fingerprint density at radius 3 is 1.29 bits per heavy atom. The fourth-order valence-electron chi connectivity index (χ4n) is 8.10. The minimum Gasteiger partial charge on any atom is -0.457 e. The normalized spacial score (nSPS) is 40.7. The maximum Gasteiger partial charge on any atom is 0.303 e. The van der Waals surface area contributed by atoms with Crippen LogP contribution in [0.4, 0.5) is 0 Å². The highest BCUT2D eigenvalue weighted by atomic mass is 33.3. The largest absolute Gasteiger partial charge is 0.457 e. The van der Waals surface area contributed by atoms with Crippen LogP contribution >= 0.6 is 0 Å². The summed E-state index contributed by atoms with van der Waals surface area (Å²) in [4.78, 5) is 23.2. The second kappa shape index (κ2) is 29.6. The number of rotatable bonds is 9. The Labute approximate surface area is 438 Å². The maximum atomic E-state index is 11.7. The molecule has 0 aromatic rings. The van der Waals surface area contributed by atoms with E-state index in [1.165, 1.54) is 76.0 Å². The Hall–Kier alpha value is 0.540. The van der Waals surface area contributed by atoms with Gasteiger partial charge >= 0.3 is 11.9 Å². The Balaban J connectivity index is 0.000000296. The number of ether oxygens (including phenoxy) is 13. The van der Waals surface area contributed by atoms with Crippen LogP contribution in [0, 0.1) is 11.8 Å². The number of aliphatic hydroxyl groups excluding tert-OH is 3. The van der Waals surface area contributed by atoms with Crippen molar-refractivity contribution in [2.24, 2.45) is 11.8 Å². The molecule has 29 heteroatoms. The number of esters is 2. The molecule has 0 aromatic carbocycles. The van der Waals surface area contributed by atoms with Crippen LogP contribution in [0.2, 0.25) is 0 Å². The van der Waals surface area contributed by atoms with Gasteiger partial charge in [0.2, 0.25) is 0 Å². The third-order valence-corrected chi connectivity index (χ3v) is 22.4. The zero-order chi connectivity index (χ0) is 51.3. The van der Waals surface area contributed by atoms with Crippen LogP contribution in [0.3, 0.4) is 0 Å². The average Bonchev–Trinajstić information content (AvgIpc) is 3.78. The summed E-state index contributed by atoms with van der Waals surface area (Å²) < 4.78 is 75.7. The van der Waals surface area contributed by atoms with Crippen molar-refractivity contribution in [3.05, 3.63) is 12.7 Å². The van der Waals surface area contributed by atoms with E-state index in [-0.39, 0.29) is 42.9 Å². The number of hydrogen-bond acceptors (Lipinski definition) is 22. The van der Waals surface area contributed by atoms with E-state index < -0.39 is 110 Å². The number of carbonyl (C=O) groups excluding carboxylic acids is 2. The van der Waals surface area contributed by atoms with E-state index in [9.17, 15) is 24.9 Å². The van der Waals surface area contributed by atoms with E-state index in [0.29, 0.717) is 0 Å². The third kappa shape index (κ3) is 18.1. The standard InChI is InChI=1S/C21H34O9.C18H30O9.S6.S5/c1-8-9-24-19-14(23)17(16(12(4)26-19)27-13(5)22)28-20-18-15(10(2)11(3)25-20)29-21(6,7)30-18;1-7-8(2)23-17(15-12(7)26-18(5,6)27-15)25-14-11(20)16(21)22-9(3)13(14)24-10(4)19;1-3-5-6-4-2;1-3-5-4-2/h8,10-12,14-20,23H,1,9H2,2-7H3;7-9,11-17,20-21H,1-6H3;;/t10-,11?,12?,14?,15-,16-,17-,18?,19-,20-;7-,8?,9?,11?,12-,13-,14-,15?,16?,17-;;/m00../s1. The SMILES string of the molecule is C=CCO[C@H]1OC(C)[C@H](OC(C)=O)[C@@H](O[C@@H]2OC(C)[C@H](C)[C@@H]3OC(C)(C)OC23)C1O.CC(=O)O[C@H]1C(C)OC(O)C(O)[C@@H]1O[C@@H]1OC(C)[C@H](C)[C@@H]2OC(C)(C)OC12.S=S=S=S=S.S=S=S=S=S=S. The molecule has 0 aromatic heterocycles. The topological polar surface area (TPSA) is 215 Å². The van der Waals surface area contributed by atoms with E-state index in [2.05, 4.69) is 51.3 Å². The van der Waals surface area contributed by atoms with Gasteiger partial charge < -0.3 is 76.9 Å². The molecule has 6 aliphatic rings. The molecule has 68 heavy (non-hydrogen) atoms. The zero-order valence-electron chi connectivity index (χ0n) is 39.5. The van der Waals surface area contributed by atoms with E-state index in [4.69, 9.17) is 61.6 Å². The lowest BCUT2D eigenvalue weighted by Crippen LogP contribution is -2.62.